The highest BCUT2D eigenvalue weighted by Gasteiger charge is 2.29. The summed E-state index contributed by atoms with van der Waals surface area (Å²) < 4.78 is 22.0. The second-order valence-corrected chi connectivity index (χ2v) is 22.8. The van der Waals surface area contributed by atoms with Gasteiger partial charge in [-0.05, 0) is 148 Å². The lowest BCUT2D eigenvalue weighted by Gasteiger charge is -2.21. The van der Waals surface area contributed by atoms with E-state index < -0.39 is 53.5 Å². The molecule has 0 saturated carbocycles. The number of nitrogens with two attached hydrogens (primary N) is 10. The number of rotatable bonds is 43. The van der Waals surface area contributed by atoms with Gasteiger partial charge in [-0.25, -0.2) is 0 Å². The molecule has 0 saturated heterocycles. The van der Waals surface area contributed by atoms with Crippen LogP contribution in [0.4, 0.5) is 0 Å². The van der Waals surface area contributed by atoms with Gasteiger partial charge in [-0.1, -0.05) is 36.8 Å². The van der Waals surface area contributed by atoms with Crippen LogP contribution in [0.15, 0.2) is 92.8 Å². The molecule has 97 heavy (non-hydrogen) atoms. The third-order valence-electron chi connectivity index (χ3n) is 15.1. The van der Waals surface area contributed by atoms with Gasteiger partial charge in [0.2, 0.25) is 5.91 Å². The minimum Gasteiger partial charge on any atom is -0.496 e. The van der Waals surface area contributed by atoms with Crippen LogP contribution in [0, 0.1) is 6.92 Å². The Bertz CT molecular complexity index is 3400. The Balaban J connectivity index is 0.00000225. The Morgan fingerprint density at radius 3 is 1.02 bits per heavy atom. The van der Waals surface area contributed by atoms with Crippen molar-refractivity contribution in [3.63, 3.8) is 0 Å². The number of nitrogens with zero attached hydrogens (tertiary/aromatic N) is 4. The van der Waals surface area contributed by atoms with Crippen molar-refractivity contribution in [1.82, 2.24) is 21.3 Å². The molecule has 0 heterocycles. The summed E-state index contributed by atoms with van der Waals surface area (Å²) in [5.41, 5.74) is 58.4. The van der Waals surface area contributed by atoms with E-state index in [9.17, 15) is 38.4 Å². The zero-order valence-electron chi connectivity index (χ0n) is 56.5. The number of guanidine groups is 4. The molecule has 0 aliphatic rings. The van der Waals surface area contributed by atoms with E-state index in [0.717, 1.165) is 37.9 Å². The van der Waals surface area contributed by atoms with Crippen molar-refractivity contribution in [2.24, 2.45) is 77.3 Å². The highest BCUT2D eigenvalue weighted by Crippen LogP contribution is 2.26. The lowest BCUT2D eigenvalue weighted by molar-refractivity contribution is -0.121. The number of aliphatic imine (C=N–C) groups is 4. The van der Waals surface area contributed by atoms with Gasteiger partial charge in [0, 0.05) is 65.3 Å². The number of carbonyl (C=O) groups is 8. The molecule has 0 aromatic heterocycles. The fourth-order valence-corrected chi connectivity index (χ4v) is 10.0. The van der Waals surface area contributed by atoms with Crippen molar-refractivity contribution in [3.8, 4) is 23.0 Å². The summed E-state index contributed by atoms with van der Waals surface area (Å²) in [6.45, 7) is 5.71. The van der Waals surface area contributed by atoms with Crippen LogP contribution in [0.25, 0.3) is 0 Å². The monoisotopic (exact) mass is 1350 g/mol. The van der Waals surface area contributed by atoms with Crippen LogP contribution in [0.1, 0.15) is 136 Å². The molecular weight excluding hydrogens is 1250 g/mol. The number of ether oxygens (including phenoxy) is 4. The van der Waals surface area contributed by atoms with E-state index >= 15 is 0 Å². The van der Waals surface area contributed by atoms with Crippen molar-refractivity contribution >= 4 is 70.6 Å². The van der Waals surface area contributed by atoms with Crippen LogP contribution >= 0.6 is 0 Å². The molecule has 24 N–H and O–H groups in total. The molecule has 0 bridgehead atoms. The summed E-state index contributed by atoms with van der Waals surface area (Å²) >= 11 is 0. The number of methoxy groups -OCH3 is 4. The molecular formula is C67H100N18O12. The number of hydrogen-bond donors (Lipinski definition) is 14. The van der Waals surface area contributed by atoms with E-state index in [2.05, 4.69) is 41.2 Å². The number of unbranched alkanes of at least 4 members (excludes halogenated alkanes) is 2. The third kappa shape index (κ3) is 30.3. The second-order valence-electron chi connectivity index (χ2n) is 22.8. The van der Waals surface area contributed by atoms with Crippen LogP contribution in [0.2, 0.25) is 0 Å². The first-order chi connectivity index (χ1) is 46.2. The molecule has 4 atom stereocenters. The molecule has 4 rings (SSSR count). The van der Waals surface area contributed by atoms with E-state index in [0.29, 0.717) is 53.8 Å². The van der Waals surface area contributed by atoms with Gasteiger partial charge in [0.25, 0.3) is 17.7 Å². The van der Waals surface area contributed by atoms with Crippen molar-refractivity contribution in [3.05, 3.63) is 117 Å². The van der Waals surface area contributed by atoms with Crippen molar-refractivity contribution < 1.29 is 57.3 Å². The summed E-state index contributed by atoms with van der Waals surface area (Å²) in [5, 5.41) is 11.2. The quantitative estimate of drug-likeness (QED) is 0.0164. The van der Waals surface area contributed by atoms with Crippen LogP contribution in [-0.2, 0) is 49.7 Å². The molecule has 30 heteroatoms. The standard InChI is InChI=1S/C60H84N16O11.C7H16N2O/c1-34-26-35(14-18-50(34)84-2)31-47(78)43(11-7-23-71-58(64)65)74-55(82)40-28-37(16-20-52(40)86-4)33-49(80)45(13-9-25-73-60(68)69)76-56(83)41-29-38(17-21-53(41)87-5)32-48(79)44(12-8-24-72-59(66)67)75-54(81)39-27-36(15-19-51(39)85-3)30-46(77)42(61)10-6-22-70-57(62)63;1-7(10)9-6-4-2-3-5-8/h14-21,26-29,42-45H,6-13,22-25,30-33,61H2,1-5H3,(H,74,82)(H,75,81)(H,76,83)(H4,62,63,70)(H4,64,65,71)(H4,66,67,72)(H4,68,69,73);2-6,8H2,1H3,(H,9,10)/t42-,43-,44-,45-;/m1./s1. The number of amides is 4. The highest BCUT2D eigenvalue weighted by molar-refractivity contribution is 6.03. The van der Waals surface area contributed by atoms with Gasteiger partial charge in [0.15, 0.2) is 47.0 Å². The SMILES string of the molecule is CC(=O)NCCCCCN.COc1ccc(CC(=O)[C@@H](CCCN=C(N)N)NC(=O)c2cc(CC(=O)[C@@H](CCCN=C(N)N)NC(=O)c3cc(CC(=O)[C@@H](CCCN=C(N)N)NC(=O)c4cc(CC(=O)[C@H](N)CCCN=C(N)N)ccc4OC)ccc3OC)ccc2OC)cc1C. The molecule has 0 spiro atoms. The van der Waals surface area contributed by atoms with Gasteiger partial charge in [-0.2, -0.15) is 0 Å². The van der Waals surface area contributed by atoms with Crippen LogP contribution in [0.5, 0.6) is 23.0 Å². The highest BCUT2D eigenvalue weighted by atomic mass is 16.5. The maximum absolute atomic E-state index is 14.4. The summed E-state index contributed by atoms with van der Waals surface area (Å²) in [7, 11) is 5.66. The molecule has 4 aromatic rings. The number of hydrogen-bond acceptors (Lipinski definition) is 18. The Hall–Kier alpha value is -10.4. The van der Waals surface area contributed by atoms with E-state index in [1.165, 1.54) is 64.7 Å². The van der Waals surface area contributed by atoms with Crippen LogP contribution < -0.4 is 97.6 Å². The summed E-state index contributed by atoms with van der Waals surface area (Å²) in [4.78, 5) is 125. The van der Waals surface area contributed by atoms with Crippen LogP contribution in [0.3, 0.4) is 0 Å². The smallest absolute Gasteiger partial charge is 0.255 e. The van der Waals surface area contributed by atoms with Crippen molar-refractivity contribution in [2.75, 3.05) is 67.7 Å². The molecule has 30 nitrogen and oxygen atoms in total. The second kappa shape index (κ2) is 43.6. The average molecular weight is 1350 g/mol. The molecule has 4 aromatic carbocycles. The van der Waals surface area contributed by atoms with Gasteiger partial charge in [-0.3, -0.25) is 58.3 Å². The predicted molar refractivity (Wildman–Crippen MR) is 375 cm³/mol. The van der Waals surface area contributed by atoms with Crippen LogP contribution in [-0.4, -0.2) is 162 Å². The molecule has 0 fully saturated rings. The summed E-state index contributed by atoms with van der Waals surface area (Å²) in [6.07, 6.45) is 4.61. The number of Topliss-reactive ketones (excluding diaryl/α,β-unsaturated/α-hetero) is 4. The van der Waals surface area contributed by atoms with E-state index in [4.69, 9.17) is 76.3 Å². The topological polar surface area (TPSA) is 531 Å². The lowest BCUT2D eigenvalue weighted by Crippen LogP contribution is -2.42. The van der Waals surface area contributed by atoms with Gasteiger partial charge in [0.05, 0.1) is 69.3 Å². The average Bonchev–Trinajstić information content (AvgIpc) is 0.939. The lowest BCUT2D eigenvalue weighted by atomic mass is 9.96. The predicted octanol–water partition coefficient (Wildman–Crippen LogP) is 0.665. The first-order valence-corrected chi connectivity index (χ1v) is 31.8. The zero-order chi connectivity index (χ0) is 72.0. The normalized spacial score (nSPS) is 11.8. The number of ketones is 4. The Morgan fingerprint density at radius 2 is 0.722 bits per heavy atom. The Kier molecular flexibility index (Phi) is 36.3. The summed E-state index contributed by atoms with van der Waals surface area (Å²) in [6, 6.07) is 15.1. The number of aryl methyl sites for hydroxylation is 1. The van der Waals surface area contributed by atoms with E-state index in [1.807, 2.05) is 13.0 Å². The Morgan fingerprint density at radius 1 is 0.412 bits per heavy atom. The summed E-state index contributed by atoms with van der Waals surface area (Å²) in [5.74, 6) is -2.84. The van der Waals surface area contributed by atoms with Gasteiger partial charge in [-0.15, -0.1) is 0 Å². The van der Waals surface area contributed by atoms with Gasteiger partial charge in [0.1, 0.15) is 23.0 Å². The number of nitrogens with one attached hydrogen (secondary N) is 4. The molecule has 530 valence electrons. The maximum atomic E-state index is 14.4. The molecule has 0 aliphatic carbocycles. The Labute approximate surface area is 566 Å². The largest absolute Gasteiger partial charge is 0.496 e. The fourth-order valence-electron chi connectivity index (χ4n) is 10.0. The minimum absolute atomic E-state index is 0.000134. The molecule has 0 aliphatic heterocycles. The molecule has 0 radical (unpaired) electrons. The van der Waals surface area contributed by atoms with E-state index in [1.54, 1.807) is 37.4 Å². The van der Waals surface area contributed by atoms with Crippen molar-refractivity contribution in [1.29, 1.82) is 0 Å². The number of benzene rings is 4. The fraction of sp³-hybridized carbons (Fsp3) is 0.463. The maximum Gasteiger partial charge on any atom is 0.255 e. The minimum atomic E-state index is -1.15. The molecule has 0 unspecified atom stereocenters. The van der Waals surface area contributed by atoms with E-state index in [-0.39, 0.29) is 153 Å². The first-order valence-electron chi connectivity index (χ1n) is 31.8. The zero-order valence-corrected chi connectivity index (χ0v) is 56.5. The third-order valence-corrected chi connectivity index (χ3v) is 15.1. The molecule has 4 amide bonds. The number of carbonyl (C=O) groups excluding carboxylic acids is 8. The van der Waals surface area contributed by atoms with Gasteiger partial charge < -0.3 is 97.6 Å². The first kappa shape index (κ1) is 80.9. The van der Waals surface area contributed by atoms with Gasteiger partial charge >= 0.3 is 0 Å². The van der Waals surface area contributed by atoms with Crippen molar-refractivity contribution in [2.45, 2.75) is 134 Å².